The van der Waals surface area contributed by atoms with Gasteiger partial charge in [0, 0.05) is 5.02 Å². The highest BCUT2D eigenvalue weighted by atomic mass is 35.5. The monoisotopic (exact) mass is 387 g/mol. The van der Waals surface area contributed by atoms with Crippen molar-refractivity contribution in [2.24, 2.45) is 0 Å². The molecule has 0 aliphatic heterocycles. The Hall–Kier alpha value is -2.56. The lowest BCUT2D eigenvalue weighted by atomic mass is 10.0. The fraction of sp³-hybridized carbons (Fsp3) is 0.100. The Balaban J connectivity index is 1.82. The molecule has 3 rings (SSSR count). The summed E-state index contributed by atoms with van der Waals surface area (Å²) >= 11 is 12.0. The van der Waals surface area contributed by atoms with E-state index < -0.39 is 12.0 Å². The van der Waals surface area contributed by atoms with Crippen LogP contribution in [0.5, 0.6) is 5.75 Å². The molecule has 26 heavy (non-hydrogen) atoms. The quantitative estimate of drug-likeness (QED) is 0.599. The van der Waals surface area contributed by atoms with Crippen LogP contribution in [-0.2, 0) is 4.79 Å². The van der Waals surface area contributed by atoms with Crippen molar-refractivity contribution < 1.29 is 14.3 Å². The summed E-state index contributed by atoms with van der Waals surface area (Å²) in [6.07, 6.45) is -0.110. The van der Waals surface area contributed by atoms with Crippen LogP contribution >= 0.6 is 23.2 Å². The molecule has 3 aromatic carbocycles. The lowest BCUT2D eigenvalue weighted by Crippen LogP contribution is -2.30. The molecular formula is C20H15Cl2NO3. The first kappa shape index (κ1) is 18.2. The van der Waals surface area contributed by atoms with E-state index in [0.717, 1.165) is 17.1 Å². The van der Waals surface area contributed by atoms with E-state index in [1.54, 1.807) is 31.2 Å². The van der Waals surface area contributed by atoms with Crippen LogP contribution in [-0.4, -0.2) is 18.3 Å². The molecule has 0 spiro atoms. The number of halogens is 2. The van der Waals surface area contributed by atoms with Crippen LogP contribution < -0.4 is 10.1 Å². The van der Waals surface area contributed by atoms with Gasteiger partial charge in [-0.05, 0) is 42.0 Å². The smallest absolute Gasteiger partial charge is 0.265 e. The molecule has 0 saturated carbocycles. The van der Waals surface area contributed by atoms with Gasteiger partial charge in [-0.3, -0.25) is 9.59 Å². The van der Waals surface area contributed by atoms with Gasteiger partial charge >= 0.3 is 0 Å². The molecule has 0 aliphatic rings. The molecule has 6 heteroatoms. The predicted octanol–water partition coefficient (Wildman–Crippen LogP) is 5.37. The van der Waals surface area contributed by atoms with Crippen molar-refractivity contribution in [3.8, 4) is 5.75 Å². The summed E-state index contributed by atoms with van der Waals surface area (Å²) < 4.78 is 5.73. The summed E-state index contributed by atoms with van der Waals surface area (Å²) in [5, 5.41) is 5.19. The third-order valence-electron chi connectivity index (χ3n) is 3.91. The maximum Gasteiger partial charge on any atom is 0.265 e. The number of benzene rings is 3. The molecule has 0 aromatic heterocycles. The number of carbonyl (C=O) groups is 2. The molecular weight excluding hydrogens is 373 g/mol. The van der Waals surface area contributed by atoms with Crippen LogP contribution in [0.4, 0.5) is 5.69 Å². The second-order valence-electron chi connectivity index (χ2n) is 5.69. The van der Waals surface area contributed by atoms with E-state index in [4.69, 9.17) is 27.9 Å². The standard InChI is InChI=1S/C20H15Cl2NO3/c1-12(20(25)23-18-10-14(21)7-8-17(18)22)26-19-9-6-13-4-2-3-5-15(13)16(19)11-24/h2-12H,1H3,(H,23,25)/t12-/m0/s1. The first-order chi connectivity index (χ1) is 12.5. The summed E-state index contributed by atoms with van der Waals surface area (Å²) in [4.78, 5) is 24.0. The molecule has 1 amide bonds. The Morgan fingerprint density at radius 1 is 1.12 bits per heavy atom. The van der Waals surface area contributed by atoms with Crippen LogP contribution in [0, 0.1) is 0 Å². The first-order valence-corrected chi connectivity index (χ1v) is 8.64. The van der Waals surface area contributed by atoms with Crippen molar-refractivity contribution >= 4 is 51.9 Å². The average molecular weight is 388 g/mol. The van der Waals surface area contributed by atoms with Gasteiger partial charge in [-0.2, -0.15) is 0 Å². The molecule has 4 nitrogen and oxygen atoms in total. The molecule has 132 valence electrons. The minimum atomic E-state index is -0.843. The molecule has 1 atom stereocenters. The van der Waals surface area contributed by atoms with Gasteiger partial charge in [0.25, 0.3) is 5.91 Å². The second-order valence-corrected chi connectivity index (χ2v) is 6.53. The SMILES string of the molecule is C[C@H](Oc1ccc2ccccc2c1C=O)C(=O)Nc1cc(Cl)ccc1Cl. The minimum Gasteiger partial charge on any atom is -0.480 e. The van der Waals surface area contributed by atoms with Crippen LogP contribution in [0.1, 0.15) is 17.3 Å². The average Bonchev–Trinajstić information content (AvgIpc) is 2.64. The van der Waals surface area contributed by atoms with Crippen LogP contribution in [0.15, 0.2) is 54.6 Å². The summed E-state index contributed by atoms with van der Waals surface area (Å²) in [5.41, 5.74) is 0.803. The molecule has 0 fully saturated rings. The number of rotatable bonds is 5. The summed E-state index contributed by atoms with van der Waals surface area (Å²) in [6, 6.07) is 15.8. The predicted molar refractivity (Wildman–Crippen MR) is 105 cm³/mol. The van der Waals surface area contributed by atoms with Gasteiger partial charge < -0.3 is 10.1 Å². The Kier molecular flexibility index (Phi) is 5.45. The van der Waals surface area contributed by atoms with E-state index in [1.807, 2.05) is 30.3 Å². The van der Waals surface area contributed by atoms with Crippen molar-refractivity contribution in [3.63, 3.8) is 0 Å². The zero-order chi connectivity index (χ0) is 18.7. The number of ether oxygens (including phenoxy) is 1. The molecule has 1 N–H and O–H groups in total. The number of amides is 1. The molecule has 0 unspecified atom stereocenters. The largest absolute Gasteiger partial charge is 0.480 e. The zero-order valence-corrected chi connectivity index (χ0v) is 15.3. The van der Waals surface area contributed by atoms with E-state index in [1.165, 1.54) is 0 Å². The topological polar surface area (TPSA) is 55.4 Å². The van der Waals surface area contributed by atoms with E-state index in [2.05, 4.69) is 5.32 Å². The fourth-order valence-electron chi connectivity index (χ4n) is 2.57. The van der Waals surface area contributed by atoms with Crippen LogP contribution in [0.2, 0.25) is 10.0 Å². The van der Waals surface area contributed by atoms with Crippen LogP contribution in [0.25, 0.3) is 10.8 Å². The highest BCUT2D eigenvalue weighted by molar-refractivity contribution is 6.35. The third kappa shape index (κ3) is 3.82. The van der Waals surface area contributed by atoms with E-state index in [-0.39, 0.29) is 0 Å². The Labute approximate surface area is 160 Å². The number of nitrogens with one attached hydrogen (secondary N) is 1. The second kappa shape index (κ2) is 7.77. The first-order valence-electron chi connectivity index (χ1n) is 7.89. The lowest BCUT2D eigenvalue weighted by molar-refractivity contribution is -0.122. The fourth-order valence-corrected chi connectivity index (χ4v) is 2.91. The molecule has 0 bridgehead atoms. The van der Waals surface area contributed by atoms with Crippen molar-refractivity contribution in [1.29, 1.82) is 0 Å². The van der Waals surface area contributed by atoms with E-state index in [9.17, 15) is 9.59 Å². The number of aldehydes is 1. The summed E-state index contributed by atoms with van der Waals surface area (Å²) in [7, 11) is 0. The maximum atomic E-state index is 12.4. The number of hydrogen-bond donors (Lipinski definition) is 1. The highest BCUT2D eigenvalue weighted by Gasteiger charge is 2.18. The molecule has 3 aromatic rings. The van der Waals surface area contributed by atoms with Crippen LogP contribution in [0.3, 0.4) is 0 Å². The van der Waals surface area contributed by atoms with Gasteiger partial charge in [-0.1, -0.05) is 53.5 Å². The number of anilines is 1. The van der Waals surface area contributed by atoms with Crippen molar-refractivity contribution in [1.82, 2.24) is 0 Å². The molecule has 0 aliphatic carbocycles. The van der Waals surface area contributed by atoms with Gasteiger partial charge in [0.2, 0.25) is 0 Å². The van der Waals surface area contributed by atoms with Gasteiger partial charge in [0.05, 0.1) is 16.3 Å². The number of carbonyl (C=O) groups excluding carboxylic acids is 2. The zero-order valence-electron chi connectivity index (χ0n) is 13.8. The Morgan fingerprint density at radius 2 is 1.88 bits per heavy atom. The lowest BCUT2D eigenvalue weighted by Gasteiger charge is -2.17. The van der Waals surface area contributed by atoms with Gasteiger partial charge in [0.15, 0.2) is 12.4 Å². The van der Waals surface area contributed by atoms with Gasteiger partial charge in [-0.25, -0.2) is 0 Å². The minimum absolute atomic E-state index is 0.346. The summed E-state index contributed by atoms with van der Waals surface area (Å²) in [5.74, 6) is -0.0577. The van der Waals surface area contributed by atoms with Crippen molar-refractivity contribution in [2.75, 3.05) is 5.32 Å². The van der Waals surface area contributed by atoms with E-state index in [0.29, 0.717) is 27.0 Å². The Morgan fingerprint density at radius 3 is 2.65 bits per heavy atom. The number of hydrogen-bond acceptors (Lipinski definition) is 3. The maximum absolute atomic E-state index is 12.4. The van der Waals surface area contributed by atoms with Crippen molar-refractivity contribution in [3.05, 3.63) is 70.2 Å². The van der Waals surface area contributed by atoms with Crippen molar-refractivity contribution in [2.45, 2.75) is 13.0 Å². The Bertz CT molecular complexity index is 988. The van der Waals surface area contributed by atoms with Gasteiger partial charge in [-0.15, -0.1) is 0 Å². The highest BCUT2D eigenvalue weighted by Crippen LogP contribution is 2.28. The normalized spacial score (nSPS) is 11.8. The number of fused-ring (bicyclic) bond motifs is 1. The molecule has 0 heterocycles. The molecule has 0 saturated heterocycles. The van der Waals surface area contributed by atoms with Gasteiger partial charge in [0.1, 0.15) is 5.75 Å². The summed E-state index contributed by atoms with van der Waals surface area (Å²) in [6.45, 7) is 1.59. The van der Waals surface area contributed by atoms with E-state index >= 15 is 0 Å². The third-order valence-corrected chi connectivity index (χ3v) is 4.47. The molecule has 0 radical (unpaired) electrons.